The minimum Gasteiger partial charge on any atom is -0.392 e. The Morgan fingerprint density at radius 2 is 2.14 bits per heavy atom. The van der Waals surface area contributed by atoms with Gasteiger partial charge in [-0.1, -0.05) is 17.3 Å². The van der Waals surface area contributed by atoms with E-state index in [1.165, 1.54) is 12.1 Å². The second kappa shape index (κ2) is 5.12. The number of halogens is 3. The van der Waals surface area contributed by atoms with E-state index in [2.05, 4.69) is 15.5 Å². The van der Waals surface area contributed by atoms with Gasteiger partial charge in [-0.2, -0.15) is 18.2 Å². The van der Waals surface area contributed by atoms with Crippen LogP contribution in [-0.2, 0) is 6.18 Å². The van der Waals surface area contributed by atoms with Gasteiger partial charge in [-0.05, 0) is 18.6 Å². The molecule has 1 aromatic carbocycles. The van der Waals surface area contributed by atoms with Crippen molar-refractivity contribution in [3.63, 3.8) is 0 Å². The van der Waals surface area contributed by atoms with Crippen LogP contribution >= 0.6 is 0 Å². The predicted molar refractivity (Wildman–Crippen MR) is 66.1 cm³/mol. The molecule has 0 radical (unpaired) electrons. The van der Waals surface area contributed by atoms with Crippen LogP contribution in [0.2, 0.25) is 0 Å². The van der Waals surface area contributed by atoms with Crippen LogP contribution in [0.5, 0.6) is 0 Å². The SMILES string of the molecule is O[C@H]1CN[C@H](c2nc(-c3cccc(C(F)(F)F)c3)no2)C1. The van der Waals surface area contributed by atoms with Crippen LogP contribution in [0.1, 0.15) is 23.9 Å². The van der Waals surface area contributed by atoms with Crippen LogP contribution in [0.3, 0.4) is 0 Å². The van der Waals surface area contributed by atoms with Crippen LogP contribution in [0, 0.1) is 0 Å². The zero-order valence-electron chi connectivity index (χ0n) is 10.8. The van der Waals surface area contributed by atoms with E-state index >= 15 is 0 Å². The first-order valence-corrected chi connectivity index (χ1v) is 6.36. The van der Waals surface area contributed by atoms with Gasteiger partial charge >= 0.3 is 6.18 Å². The lowest BCUT2D eigenvalue weighted by atomic mass is 10.1. The molecule has 1 saturated heterocycles. The van der Waals surface area contributed by atoms with E-state index in [1.54, 1.807) is 0 Å². The van der Waals surface area contributed by atoms with Gasteiger partial charge < -0.3 is 14.9 Å². The van der Waals surface area contributed by atoms with Crippen LogP contribution in [0.15, 0.2) is 28.8 Å². The summed E-state index contributed by atoms with van der Waals surface area (Å²) in [7, 11) is 0. The van der Waals surface area contributed by atoms with Crippen LogP contribution in [-0.4, -0.2) is 27.9 Å². The average Bonchev–Trinajstić information content (AvgIpc) is 3.06. The molecule has 0 unspecified atom stereocenters. The second-order valence-electron chi connectivity index (χ2n) is 4.89. The summed E-state index contributed by atoms with van der Waals surface area (Å²) in [5.74, 6) is 0.359. The monoisotopic (exact) mass is 299 g/mol. The average molecular weight is 299 g/mol. The highest BCUT2D eigenvalue weighted by atomic mass is 19.4. The fourth-order valence-corrected chi connectivity index (χ4v) is 2.23. The number of aliphatic hydroxyl groups excluding tert-OH is 1. The Labute approximate surface area is 117 Å². The molecule has 1 aromatic heterocycles. The summed E-state index contributed by atoms with van der Waals surface area (Å²) in [5.41, 5.74) is -0.529. The van der Waals surface area contributed by atoms with Crippen molar-refractivity contribution in [1.82, 2.24) is 15.5 Å². The fourth-order valence-electron chi connectivity index (χ4n) is 2.23. The largest absolute Gasteiger partial charge is 0.416 e. The fraction of sp³-hybridized carbons (Fsp3) is 0.385. The van der Waals surface area contributed by atoms with Crippen molar-refractivity contribution in [3.05, 3.63) is 35.7 Å². The molecule has 2 aromatic rings. The molecular weight excluding hydrogens is 287 g/mol. The smallest absolute Gasteiger partial charge is 0.392 e. The maximum absolute atomic E-state index is 12.7. The number of aliphatic hydroxyl groups is 1. The van der Waals surface area contributed by atoms with Crippen molar-refractivity contribution in [1.29, 1.82) is 0 Å². The number of hydrogen-bond donors (Lipinski definition) is 2. The minimum absolute atomic E-state index is 0.0966. The first-order chi connectivity index (χ1) is 9.93. The Kier molecular flexibility index (Phi) is 3.42. The van der Waals surface area contributed by atoms with Gasteiger partial charge in [0, 0.05) is 12.1 Å². The van der Waals surface area contributed by atoms with Gasteiger partial charge in [-0.3, -0.25) is 0 Å². The van der Waals surface area contributed by atoms with Crippen molar-refractivity contribution < 1.29 is 22.8 Å². The molecule has 8 heteroatoms. The standard InChI is InChI=1S/C13H12F3N3O2/c14-13(15,16)8-3-1-2-7(4-8)11-18-12(21-19-11)10-5-9(20)6-17-10/h1-4,9-10,17,20H,5-6H2/t9-,10+/m1/s1. The quantitative estimate of drug-likeness (QED) is 0.889. The molecule has 0 aliphatic carbocycles. The van der Waals surface area contributed by atoms with Gasteiger partial charge in [0.2, 0.25) is 11.7 Å². The third-order valence-electron chi connectivity index (χ3n) is 3.30. The number of alkyl halides is 3. The molecule has 1 aliphatic rings. The predicted octanol–water partition coefficient (Wildman–Crippen LogP) is 2.15. The molecule has 2 heterocycles. The Balaban J connectivity index is 1.86. The summed E-state index contributed by atoms with van der Waals surface area (Å²) in [4.78, 5) is 4.10. The van der Waals surface area contributed by atoms with Crippen LogP contribution in [0.25, 0.3) is 11.4 Å². The molecule has 1 fully saturated rings. The number of nitrogens with one attached hydrogen (secondary N) is 1. The number of benzene rings is 1. The van der Waals surface area contributed by atoms with Gasteiger partial charge in [0.15, 0.2) is 0 Å². The maximum Gasteiger partial charge on any atom is 0.416 e. The minimum atomic E-state index is -4.42. The van der Waals surface area contributed by atoms with Gasteiger partial charge in [-0.25, -0.2) is 0 Å². The van der Waals surface area contributed by atoms with Gasteiger partial charge in [-0.15, -0.1) is 0 Å². The normalized spacial score (nSPS) is 22.7. The third kappa shape index (κ3) is 2.91. The van der Waals surface area contributed by atoms with E-state index < -0.39 is 17.8 Å². The van der Waals surface area contributed by atoms with E-state index in [4.69, 9.17) is 4.52 Å². The van der Waals surface area contributed by atoms with E-state index in [0.717, 1.165) is 12.1 Å². The highest BCUT2D eigenvalue weighted by molar-refractivity contribution is 5.55. The van der Waals surface area contributed by atoms with Gasteiger partial charge in [0.05, 0.1) is 17.7 Å². The van der Waals surface area contributed by atoms with E-state index in [-0.39, 0.29) is 23.3 Å². The Bertz CT molecular complexity index is 642. The maximum atomic E-state index is 12.7. The summed E-state index contributed by atoms with van der Waals surface area (Å²) in [6.45, 7) is 0.423. The summed E-state index contributed by atoms with van der Waals surface area (Å²) < 4.78 is 43.1. The molecule has 0 amide bonds. The Morgan fingerprint density at radius 3 is 2.81 bits per heavy atom. The molecule has 2 atom stereocenters. The van der Waals surface area contributed by atoms with Crippen molar-refractivity contribution in [2.24, 2.45) is 0 Å². The molecule has 0 spiro atoms. The van der Waals surface area contributed by atoms with Crippen LogP contribution in [0.4, 0.5) is 13.2 Å². The molecule has 5 nitrogen and oxygen atoms in total. The van der Waals surface area contributed by atoms with Gasteiger partial charge in [0.25, 0.3) is 0 Å². The van der Waals surface area contributed by atoms with E-state index in [1.807, 2.05) is 0 Å². The third-order valence-corrected chi connectivity index (χ3v) is 3.30. The first kappa shape index (κ1) is 14.0. The zero-order valence-corrected chi connectivity index (χ0v) is 10.8. The molecule has 112 valence electrons. The van der Waals surface area contributed by atoms with Crippen molar-refractivity contribution in [2.45, 2.75) is 24.7 Å². The second-order valence-corrected chi connectivity index (χ2v) is 4.89. The summed E-state index contributed by atoms with van der Waals surface area (Å²) in [6.07, 6.45) is -4.47. The number of nitrogens with zero attached hydrogens (tertiary/aromatic N) is 2. The number of hydrogen-bond acceptors (Lipinski definition) is 5. The molecule has 2 N–H and O–H groups in total. The lowest BCUT2D eigenvalue weighted by Crippen LogP contribution is -2.15. The number of aromatic nitrogens is 2. The number of rotatable bonds is 2. The topological polar surface area (TPSA) is 71.2 Å². The molecule has 1 aliphatic heterocycles. The summed E-state index contributed by atoms with van der Waals surface area (Å²) >= 11 is 0. The van der Waals surface area contributed by atoms with Crippen molar-refractivity contribution >= 4 is 0 Å². The highest BCUT2D eigenvalue weighted by Gasteiger charge is 2.31. The molecule has 3 rings (SSSR count). The van der Waals surface area contributed by atoms with E-state index in [0.29, 0.717) is 13.0 Å². The highest BCUT2D eigenvalue weighted by Crippen LogP contribution is 2.32. The summed E-state index contributed by atoms with van der Waals surface area (Å²) in [6, 6.07) is 4.48. The first-order valence-electron chi connectivity index (χ1n) is 6.36. The lowest BCUT2D eigenvalue weighted by molar-refractivity contribution is -0.137. The molecular formula is C13H12F3N3O2. The zero-order chi connectivity index (χ0) is 15.0. The van der Waals surface area contributed by atoms with Crippen LogP contribution < -0.4 is 5.32 Å². The molecule has 0 saturated carbocycles. The van der Waals surface area contributed by atoms with Gasteiger partial charge in [0.1, 0.15) is 0 Å². The van der Waals surface area contributed by atoms with Crippen molar-refractivity contribution in [3.8, 4) is 11.4 Å². The lowest BCUT2D eigenvalue weighted by Gasteiger charge is -2.06. The molecule has 0 bridgehead atoms. The summed E-state index contributed by atoms with van der Waals surface area (Å²) in [5, 5.41) is 16.1. The van der Waals surface area contributed by atoms with Crippen molar-refractivity contribution in [2.75, 3.05) is 6.54 Å². The Hall–Kier alpha value is -1.93. The van der Waals surface area contributed by atoms with E-state index in [9.17, 15) is 18.3 Å². The number of β-amino-alcohol motifs (C(OH)–C–C–N with tert-alkyl or cyclic N) is 1. The molecule has 21 heavy (non-hydrogen) atoms. The Morgan fingerprint density at radius 1 is 1.33 bits per heavy atom.